The number of rotatable bonds is 5. The fourth-order valence-electron chi connectivity index (χ4n) is 2.93. The highest BCUT2D eigenvalue weighted by Gasteiger charge is 2.18. The maximum atomic E-state index is 11.5. The normalized spacial score (nSPS) is 12.7. The molecule has 0 amide bonds. The quantitative estimate of drug-likeness (QED) is 0.736. The minimum atomic E-state index is -1.07. The molecule has 0 aliphatic rings. The van der Waals surface area contributed by atoms with Crippen molar-refractivity contribution < 1.29 is 14.9 Å². The zero-order valence-electron chi connectivity index (χ0n) is 13.3. The van der Waals surface area contributed by atoms with E-state index < -0.39 is 12.0 Å². The van der Waals surface area contributed by atoms with Gasteiger partial charge in [0.25, 0.3) is 0 Å². The average molecular weight is 308 g/mol. The number of aromatic nitrogens is 1. The molecule has 0 fully saturated rings. The first-order valence-corrected chi connectivity index (χ1v) is 7.86. The molecule has 1 heterocycles. The van der Waals surface area contributed by atoms with E-state index in [1.165, 1.54) is 0 Å². The van der Waals surface area contributed by atoms with E-state index in [1.54, 1.807) is 0 Å². The zero-order chi connectivity index (χ0) is 16.4. The molecule has 0 saturated carbocycles. The van der Waals surface area contributed by atoms with E-state index >= 15 is 0 Å². The van der Waals surface area contributed by atoms with Crippen LogP contribution in [-0.2, 0) is 4.79 Å². The van der Waals surface area contributed by atoms with Gasteiger partial charge in [-0.2, -0.15) is 0 Å². The third-order valence-corrected chi connectivity index (χ3v) is 3.97. The maximum absolute atomic E-state index is 11.5. The van der Waals surface area contributed by atoms with Crippen LogP contribution in [0.3, 0.4) is 0 Å². The number of carbonyl (C=O) groups excluding carboxylic acids is 1. The highest BCUT2D eigenvalue weighted by molar-refractivity contribution is 6.05. The lowest BCUT2D eigenvalue weighted by Crippen LogP contribution is -2.41. The zero-order valence-corrected chi connectivity index (χ0v) is 13.3. The number of H-pyrrole nitrogens is 1. The van der Waals surface area contributed by atoms with Crippen molar-refractivity contribution in [1.82, 2.24) is 0 Å². The van der Waals surface area contributed by atoms with Crippen molar-refractivity contribution in [1.29, 1.82) is 0 Å². The van der Waals surface area contributed by atoms with Crippen molar-refractivity contribution in [2.75, 3.05) is 5.32 Å². The van der Waals surface area contributed by atoms with Gasteiger partial charge in [0, 0.05) is 12.1 Å². The number of nitrogens with one attached hydrogen (secondary N) is 2. The molecule has 0 aliphatic carbocycles. The number of carboxylic acids is 1. The largest absolute Gasteiger partial charge is 0.548 e. The molecule has 23 heavy (non-hydrogen) atoms. The number of fused-ring (bicyclic) bond motifs is 2. The maximum Gasteiger partial charge on any atom is 0.213 e. The van der Waals surface area contributed by atoms with Gasteiger partial charge in [-0.1, -0.05) is 38.1 Å². The van der Waals surface area contributed by atoms with E-state index in [4.69, 9.17) is 0 Å². The van der Waals surface area contributed by atoms with Crippen LogP contribution in [0.4, 0.5) is 5.69 Å². The Morgan fingerprint density at radius 2 is 1.57 bits per heavy atom. The molecule has 4 heteroatoms. The molecule has 2 N–H and O–H groups in total. The van der Waals surface area contributed by atoms with E-state index in [0.29, 0.717) is 6.42 Å². The van der Waals surface area contributed by atoms with Crippen molar-refractivity contribution in [3.05, 3.63) is 48.5 Å². The minimum absolute atomic E-state index is 0.262. The number of carbonyl (C=O) groups is 1. The Hall–Kier alpha value is -2.62. The highest BCUT2D eigenvalue weighted by Crippen LogP contribution is 2.29. The average Bonchev–Trinajstić information content (AvgIpc) is 2.53. The van der Waals surface area contributed by atoms with Crippen LogP contribution >= 0.6 is 0 Å². The predicted molar refractivity (Wildman–Crippen MR) is 89.9 cm³/mol. The number of pyridine rings is 1. The van der Waals surface area contributed by atoms with Gasteiger partial charge in [0.2, 0.25) is 11.0 Å². The molecule has 3 aromatic rings. The van der Waals surface area contributed by atoms with Gasteiger partial charge in [0.1, 0.15) is 0 Å². The van der Waals surface area contributed by atoms with Gasteiger partial charge in [-0.15, -0.1) is 0 Å². The Morgan fingerprint density at radius 1 is 1.04 bits per heavy atom. The van der Waals surface area contributed by atoms with Gasteiger partial charge in [-0.3, -0.25) is 0 Å². The second-order valence-electron chi connectivity index (χ2n) is 6.24. The van der Waals surface area contributed by atoms with Crippen LogP contribution in [-0.4, -0.2) is 12.0 Å². The number of aliphatic carboxylic acids is 1. The van der Waals surface area contributed by atoms with Crippen LogP contribution in [0.1, 0.15) is 20.3 Å². The number of hydrogen-bond donors (Lipinski definition) is 1. The smallest absolute Gasteiger partial charge is 0.213 e. The molecule has 1 aromatic heterocycles. The number of aromatic amines is 1. The van der Waals surface area contributed by atoms with Crippen LogP contribution < -0.4 is 15.4 Å². The summed E-state index contributed by atoms with van der Waals surface area (Å²) >= 11 is 0. The van der Waals surface area contributed by atoms with Crippen molar-refractivity contribution in [3.63, 3.8) is 0 Å². The Balaban J connectivity index is 2.18. The molecule has 4 nitrogen and oxygen atoms in total. The third-order valence-electron chi connectivity index (χ3n) is 3.97. The molecular weight excluding hydrogens is 288 g/mol. The second kappa shape index (κ2) is 6.24. The topological polar surface area (TPSA) is 66.3 Å². The van der Waals surface area contributed by atoms with E-state index in [2.05, 4.69) is 10.3 Å². The summed E-state index contributed by atoms with van der Waals surface area (Å²) in [6, 6.07) is 15.1. The summed E-state index contributed by atoms with van der Waals surface area (Å²) in [4.78, 5) is 14.9. The Kier molecular flexibility index (Phi) is 4.15. The predicted octanol–water partition coefficient (Wildman–Crippen LogP) is 2.38. The molecule has 3 rings (SSSR count). The van der Waals surface area contributed by atoms with Gasteiger partial charge in [0.05, 0.1) is 28.5 Å². The summed E-state index contributed by atoms with van der Waals surface area (Å²) in [7, 11) is 0. The van der Waals surface area contributed by atoms with E-state index in [0.717, 1.165) is 27.5 Å². The lowest BCUT2D eigenvalue weighted by atomic mass is 10.0. The van der Waals surface area contributed by atoms with Crippen molar-refractivity contribution in [2.24, 2.45) is 5.92 Å². The molecule has 118 valence electrons. The lowest BCUT2D eigenvalue weighted by Gasteiger charge is -2.23. The summed E-state index contributed by atoms with van der Waals surface area (Å²) in [5.74, 6) is -0.808. The van der Waals surface area contributed by atoms with E-state index in [-0.39, 0.29) is 5.92 Å². The van der Waals surface area contributed by atoms with Gasteiger partial charge in [-0.05, 0) is 24.5 Å². The molecule has 0 aliphatic heterocycles. The van der Waals surface area contributed by atoms with Crippen molar-refractivity contribution in [3.8, 4) is 0 Å². The van der Waals surface area contributed by atoms with Crippen LogP contribution in [0, 0.1) is 5.92 Å². The molecular formula is C19H20N2O2. The Morgan fingerprint density at radius 3 is 2.04 bits per heavy atom. The van der Waals surface area contributed by atoms with Crippen molar-refractivity contribution in [2.45, 2.75) is 26.3 Å². The summed E-state index contributed by atoms with van der Waals surface area (Å²) in [5.41, 5.74) is 2.77. The number of benzene rings is 2. The van der Waals surface area contributed by atoms with Gasteiger partial charge in [-0.25, -0.2) is 4.98 Å². The minimum Gasteiger partial charge on any atom is -0.548 e. The van der Waals surface area contributed by atoms with Gasteiger partial charge in [0.15, 0.2) is 0 Å². The third kappa shape index (κ3) is 3.11. The lowest BCUT2D eigenvalue weighted by molar-refractivity contribution is -0.310. The van der Waals surface area contributed by atoms with Crippen LogP contribution in [0.5, 0.6) is 0 Å². The molecule has 0 radical (unpaired) electrons. The van der Waals surface area contributed by atoms with Crippen LogP contribution in [0.15, 0.2) is 48.5 Å². The fraction of sp³-hybridized carbons (Fsp3) is 0.263. The number of para-hydroxylation sites is 2. The molecule has 0 saturated heterocycles. The first-order chi connectivity index (χ1) is 11.1. The Labute approximate surface area is 135 Å². The highest BCUT2D eigenvalue weighted by atomic mass is 16.4. The van der Waals surface area contributed by atoms with Crippen molar-refractivity contribution >= 4 is 33.5 Å². The summed E-state index contributed by atoms with van der Waals surface area (Å²) in [6.07, 6.45) is 0.517. The summed E-state index contributed by atoms with van der Waals surface area (Å²) < 4.78 is 0. The van der Waals surface area contributed by atoms with Gasteiger partial charge < -0.3 is 15.2 Å². The second-order valence-corrected chi connectivity index (χ2v) is 6.24. The van der Waals surface area contributed by atoms with Gasteiger partial charge >= 0.3 is 0 Å². The standard InChI is InChI=1S/C19H20N2O2/c1-12(2)11-17(19(22)23)21-18-13-7-3-5-9-15(13)20-16-10-6-4-8-14(16)18/h3-10,12,17H,11H2,1-2H3,(H,20,21)(H,22,23)/t17-/m0/s1. The number of hydrogen-bond acceptors (Lipinski definition) is 3. The molecule has 0 spiro atoms. The molecule has 0 bridgehead atoms. The number of anilines is 1. The summed E-state index contributed by atoms with van der Waals surface area (Å²) in [6.45, 7) is 4.01. The molecule has 0 unspecified atom stereocenters. The molecule has 2 aromatic carbocycles. The number of carboxylic acid groups (broad SMARTS) is 1. The Bertz CT molecular complexity index is 804. The van der Waals surface area contributed by atoms with Crippen LogP contribution in [0.25, 0.3) is 21.8 Å². The van der Waals surface area contributed by atoms with E-state index in [9.17, 15) is 9.90 Å². The monoisotopic (exact) mass is 308 g/mol. The first-order valence-electron chi connectivity index (χ1n) is 7.86. The fourth-order valence-corrected chi connectivity index (χ4v) is 2.93. The SMILES string of the molecule is CC(C)C[C@H](Nc1c2ccccc2[nH+]c2ccccc12)C(=O)[O-]. The summed E-state index contributed by atoms with van der Waals surface area (Å²) in [5, 5.41) is 16.7. The van der Waals surface area contributed by atoms with Crippen LogP contribution in [0.2, 0.25) is 0 Å². The molecule has 1 atom stereocenters. The van der Waals surface area contributed by atoms with E-state index in [1.807, 2.05) is 62.4 Å². The first kappa shape index (κ1) is 15.3.